The van der Waals surface area contributed by atoms with Gasteiger partial charge in [0.25, 0.3) is 0 Å². The Morgan fingerprint density at radius 1 is 1.14 bits per heavy atom. The fourth-order valence-electron chi connectivity index (χ4n) is 2.59. The van der Waals surface area contributed by atoms with Crippen molar-refractivity contribution in [1.82, 2.24) is 0 Å². The number of ketones is 1. The number of rotatable bonds is 3. The molecule has 0 amide bonds. The van der Waals surface area contributed by atoms with E-state index in [-0.39, 0.29) is 18.1 Å². The number of hydrogen-bond acceptors (Lipinski definition) is 2. The number of benzene rings is 2. The van der Waals surface area contributed by atoms with Gasteiger partial charge in [-0.1, -0.05) is 18.2 Å². The summed E-state index contributed by atoms with van der Waals surface area (Å²) in [5.41, 5.74) is 1.35. The summed E-state index contributed by atoms with van der Waals surface area (Å²) in [6, 6.07) is 10.8. The molecule has 4 heteroatoms. The molecule has 2 aromatic carbocycles. The molecule has 0 N–H and O–H groups in total. The van der Waals surface area contributed by atoms with Gasteiger partial charge in [-0.05, 0) is 35.7 Å². The number of carbonyl (C=O) groups is 1. The van der Waals surface area contributed by atoms with Crippen LogP contribution in [0, 0.1) is 17.6 Å². The molecule has 108 valence electrons. The summed E-state index contributed by atoms with van der Waals surface area (Å²) in [6.07, 6.45) is 0.623. The Hall–Kier alpha value is -2.23. The zero-order chi connectivity index (χ0) is 14.8. The van der Waals surface area contributed by atoms with Gasteiger partial charge < -0.3 is 4.74 Å². The summed E-state index contributed by atoms with van der Waals surface area (Å²) >= 11 is 0. The lowest BCUT2D eigenvalue weighted by Gasteiger charge is -2.24. The molecule has 3 rings (SSSR count). The molecule has 1 heterocycles. The van der Waals surface area contributed by atoms with Crippen molar-refractivity contribution in [2.24, 2.45) is 5.92 Å². The molecule has 21 heavy (non-hydrogen) atoms. The van der Waals surface area contributed by atoms with Crippen molar-refractivity contribution >= 4 is 5.78 Å². The first-order chi connectivity index (χ1) is 10.1. The third kappa shape index (κ3) is 3.10. The fourth-order valence-corrected chi connectivity index (χ4v) is 2.59. The second-order valence-corrected chi connectivity index (χ2v) is 5.24. The number of hydrogen-bond donors (Lipinski definition) is 0. The van der Waals surface area contributed by atoms with Gasteiger partial charge in [0.2, 0.25) is 0 Å². The van der Waals surface area contributed by atoms with Crippen LogP contribution in [0.25, 0.3) is 0 Å². The fraction of sp³-hybridized carbons (Fsp3) is 0.235. The highest BCUT2D eigenvalue weighted by molar-refractivity contribution is 5.84. The van der Waals surface area contributed by atoms with Gasteiger partial charge in [-0.15, -0.1) is 0 Å². The maximum atomic E-state index is 13.1. The van der Waals surface area contributed by atoms with E-state index in [1.54, 1.807) is 0 Å². The number of halogens is 2. The van der Waals surface area contributed by atoms with E-state index >= 15 is 0 Å². The van der Waals surface area contributed by atoms with Gasteiger partial charge in [0.05, 0.1) is 12.5 Å². The molecule has 0 bridgehead atoms. The highest BCUT2D eigenvalue weighted by Crippen LogP contribution is 2.27. The monoisotopic (exact) mass is 288 g/mol. The van der Waals surface area contributed by atoms with Gasteiger partial charge in [0, 0.05) is 12.5 Å². The largest absolute Gasteiger partial charge is 0.493 e. The normalized spacial score (nSPS) is 17.0. The van der Waals surface area contributed by atoms with Crippen LogP contribution in [0.3, 0.4) is 0 Å². The molecule has 1 aliphatic rings. The second kappa shape index (κ2) is 5.64. The zero-order valence-electron chi connectivity index (χ0n) is 11.3. The maximum Gasteiger partial charge on any atom is 0.144 e. The Morgan fingerprint density at radius 3 is 2.62 bits per heavy atom. The minimum atomic E-state index is -0.664. The van der Waals surface area contributed by atoms with Crippen LogP contribution in [0.1, 0.15) is 11.1 Å². The SMILES string of the molecule is O=C(Cc1cc(F)cc(F)c1)C1COc2ccccc2C1. The van der Waals surface area contributed by atoms with Crippen molar-refractivity contribution < 1.29 is 18.3 Å². The van der Waals surface area contributed by atoms with Crippen molar-refractivity contribution in [1.29, 1.82) is 0 Å². The van der Waals surface area contributed by atoms with Gasteiger partial charge in [0.1, 0.15) is 23.2 Å². The molecule has 2 nitrogen and oxygen atoms in total. The minimum Gasteiger partial charge on any atom is -0.493 e. The molecular formula is C17H14F2O2. The van der Waals surface area contributed by atoms with Crippen molar-refractivity contribution in [3.8, 4) is 5.75 Å². The lowest BCUT2D eigenvalue weighted by atomic mass is 9.90. The minimum absolute atomic E-state index is 0.0187. The Morgan fingerprint density at radius 2 is 1.86 bits per heavy atom. The Kier molecular flexibility index (Phi) is 3.69. The summed E-state index contributed by atoms with van der Waals surface area (Å²) in [7, 11) is 0. The van der Waals surface area contributed by atoms with Crippen LogP contribution in [0.15, 0.2) is 42.5 Å². The summed E-state index contributed by atoms with van der Waals surface area (Å²) in [5, 5.41) is 0. The first-order valence-corrected chi connectivity index (χ1v) is 6.80. The molecule has 0 radical (unpaired) electrons. The topological polar surface area (TPSA) is 26.3 Å². The summed E-state index contributed by atoms with van der Waals surface area (Å²) in [6.45, 7) is 0.313. The molecule has 0 spiro atoms. The van der Waals surface area contributed by atoms with Gasteiger partial charge in [-0.25, -0.2) is 8.78 Å². The van der Waals surface area contributed by atoms with E-state index < -0.39 is 11.6 Å². The lowest BCUT2D eigenvalue weighted by molar-refractivity contribution is -0.123. The highest BCUT2D eigenvalue weighted by Gasteiger charge is 2.25. The molecule has 0 fully saturated rings. The predicted octanol–water partition coefficient (Wildman–Crippen LogP) is 3.33. The van der Waals surface area contributed by atoms with Crippen LogP contribution in [0.5, 0.6) is 5.75 Å². The smallest absolute Gasteiger partial charge is 0.144 e. The van der Waals surface area contributed by atoms with Crippen LogP contribution in [-0.2, 0) is 17.6 Å². The molecule has 0 aliphatic carbocycles. The predicted molar refractivity (Wildman–Crippen MR) is 74.2 cm³/mol. The molecule has 2 aromatic rings. The lowest BCUT2D eigenvalue weighted by Crippen LogP contribution is -2.29. The van der Waals surface area contributed by atoms with Crippen molar-refractivity contribution in [3.05, 3.63) is 65.2 Å². The Balaban J connectivity index is 1.72. The summed E-state index contributed by atoms with van der Waals surface area (Å²) < 4.78 is 31.9. The summed E-state index contributed by atoms with van der Waals surface area (Å²) in [4.78, 5) is 12.3. The van der Waals surface area contributed by atoms with Crippen LogP contribution >= 0.6 is 0 Å². The zero-order valence-corrected chi connectivity index (χ0v) is 11.3. The van der Waals surface area contributed by atoms with Crippen molar-refractivity contribution in [3.63, 3.8) is 0 Å². The van der Waals surface area contributed by atoms with E-state index in [4.69, 9.17) is 4.74 Å². The van der Waals surface area contributed by atoms with E-state index in [1.165, 1.54) is 12.1 Å². The van der Waals surface area contributed by atoms with Gasteiger partial charge in [-0.2, -0.15) is 0 Å². The van der Waals surface area contributed by atoms with E-state index in [9.17, 15) is 13.6 Å². The van der Waals surface area contributed by atoms with E-state index in [2.05, 4.69) is 0 Å². The van der Waals surface area contributed by atoms with Gasteiger partial charge in [0.15, 0.2) is 0 Å². The van der Waals surface area contributed by atoms with E-state index in [1.807, 2.05) is 24.3 Å². The van der Waals surface area contributed by atoms with Crippen molar-refractivity contribution in [2.45, 2.75) is 12.8 Å². The van der Waals surface area contributed by atoms with E-state index in [0.717, 1.165) is 17.4 Å². The molecule has 0 saturated heterocycles. The van der Waals surface area contributed by atoms with Gasteiger partial charge in [-0.3, -0.25) is 4.79 Å². The van der Waals surface area contributed by atoms with Crippen LogP contribution in [0.4, 0.5) is 8.78 Å². The van der Waals surface area contributed by atoms with Crippen LogP contribution in [-0.4, -0.2) is 12.4 Å². The van der Waals surface area contributed by atoms with Crippen LogP contribution < -0.4 is 4.74 Å². The number of carbonyl (C=O) groups excluding carboxylic acids is 1. The highest BCUT2D eigenvalue weighted by atomic mass is 19.1. The molecule has 1 aliphatic heterocycles. The molecule has 0 aromatic heterocycles. The van der Waals surface area contributed by atoms with E-state index in [0.29, 0.717) is 18.6 Å². The third-order valence-electron chi connectivity index (χ3n) is 3.63. The third-order valence-corrected chi connectivity index (χ3v) is 3.63. The Bertz CT molecular complexity index is 662. The number of ether oxygens (including phenoxy) is 1. The molecule has 0 saturated carbocycles. The summed E-state index contributed by atoms with van der Waals surface area (Å²) in [5.74, 6) is -0.856. The van der Waals surface area contributed by atoms with Gasteiger partial charge >= 0.3 is 0 Å². The van der Waals surface area contributed by atoms with Crippen LogP contribution in [0.2, 0.25) is 0 Å². The quantitative estimate of drug-likeness (QED) is 0.866. The molecule has 1 unspecified atom stereocenters. The van der Waals surface area contributed by atoms with Crippen molar-refractivity contribution in [2.75, 3.05) is 6.61 Å². The maximum absolute atomic E-state index is 13.1. The number of Topliss-reactive ketones (excluding diaryl/α,β-unsaturated/α-hetero) is 1. The Labute approximate surface area is 121 Å². The number of fused-ring (bicyclic) bond motifs is 1. The molecular weight excluding hydrogens is 274 g/mol. The average molecular weight is 288 g/mol. The first kappa shape index (κ1) is 13.7. The standard InChI is InChI=1S/C17H14F2O2/c18-14-5-11(6-15(19)9-14)7-16(20)13-8-12-3-1-2-4-17(12)21-10-13/h1-6,9,13H,7-8,10H2. The first-order valence-electron chi connectivity index (χ1n) is 6.80. The second-order valence-electron chi connectivity index (χ2n) is 5.24. The average Bonchev–Trinajstić information content (AvgIpc) is 2.45. The molecule has 1 atom stereocenters. The number of para-hydroxylation sites is 1.